The van der Waals surface area contributed by atoms with E-state index in [9.17, 15) is 8.42 Å². The molecule has 100 valence electrons. The van der Waals surface area contributed by atoms with Crippen LogP contribution in [0.2, 0.25) is 0 Å². The quantitative estimate of drug-likeness (QED) is 0.852. The van der Waals surface area contributed by atoms with Gasteiger partial charge >= 0.3 is 0 Å². The van der Waals surface area contributed by atoms with E-state index >= 15 is 0 Å². The minimum absolute atomic E-state index is 0.0211. The average Bonchev–Trinajstić information content (AvgIpc) is 3.12. The molecule has 0 saturated heterocycles. The number of hydrogen-bond donors (Lipinski definition) is 2. The van der Waals surface area contributed by atoms with Crippen LogP contribution in [0.1, 0.15) is 30.9 Å². The van der Waals surface area contributed by atoms with Gasteiger partial charge in [0, 0.05) is 6.04 Å². The van der Waals surface area contributed by atoms with Gasteiger partial charge in [0.25, 0.3) is 0 Å². The normalized spacial score (nSPS) is 17.7. The predicted molar refractivity (Wildman–Crippen MR) is 69.6 cm³/mol. The monoisotopic (exact) mass is 269 g/mol. The summed E-state index contributed by atoms with van der Waals surface area (Å²) in [6, 6.07) is 4.98. The predicted octanol–water partition coefficient (Wildman–Crippen LogP) is 1.56. The zero-order valence-electron chi connectivity index (χ0n) is 10.7. The largest absolute Gasteiger partial charge is 0.392 e. The van der Waals surface area contributed by atoms with Gasteiger partial charge in [0.2, 0.25) is 10.0 Å². The van der Waals surface area contributed by atoms with Crippen molar-refractivity contribution in [3.05, 3.63) is 29.3 Å². The minimum atomic E-state index is -3.49. The molecule has 0 amide bonds. The lowest BCUT2D eigenvalue weighted by molar-refractivity contribution is 0.281. The molecule has 1 unspecified atom stereocenters. The Morgan fingerprint density at radius 1 is 1.44 bits per heavy atom. The SMILES string of the molecule is Cc1ccc(CO)cc1S(=O)(=O)NC(C)C1CC1. The van der Waals surface area contributed by atoms with Gasteiger partial charge in [0.15, 0.2) is 0 Å². The Morgan fingerprint density at radius 3 is 2.67 bits per heavy atom. The highest BCUT2D eigenvalue weighted by Gasteiger charge is 2.31. The fourth-order valence-electron chi connectivity index (χ4n) is 2.03. The van der Waals surface area contributed by atoms with E-state index in [4.69, 9.17) is 5.11 Å². The smallest absolute Gasteiger partial charge is 0.241 e. The number of rotatable bonds is 5. The van der Waals surface area contributed by atoms with Crippen LogP contribution in [0.25, 0.3) is 0 Å². The lowest BCUT2D eigenvalue weighted by Gasteiger charge is -2.15. The van der Waals surface area contributed by atoms with Gasteiger partial charge in [-0.2, -0.15) is 0 Å². The first-order chi connectivity index (χ1) is 8.44. The van der Waals surface area contributed by atoms with Crippen molar-refractivity contribution < 1.29 is 13.5 Å². The van der Waals surface area contributed by atoms with Gasteiger partial charge in [0.05, 0.1) is 11.5 Å². The van der Waals surface area contributed by atoms with Gasteiger partial charge in [-0.15, -0.1) is 0 Å². The highest BCUT2D eigenvalue weighted by Crippen LogP contribution is 2.33. The summed E-state index contributed by atoms with van der Waals surface area (Å²) in [6.45, 7) is 3.51. The van der Waals surface area contributed by atoms with E-state index in [-0.39, 0.29) is 17.5 Å². The van der Waals surface area contributed by atoms with Gasteiger partial charge < -0.3 is 5.11 Å². The second-order valence-corrected chi connectivity index (χ2v) is 6.69. The number of nitrogens with one attached hydrogen (secondary N) is 1. The van der Waals surface area contributed by atoms with E-state index < -0.39 is 10.0 Å². The fraction of sp³-hybridized carbons (Fsp3) is 0.538. The Hall–Kier alpha value is -0.910. The van der Waals surface area contributed by atoms with Crippen LogP contribution in [-0.2, 0) is 16.6 Å². The zero-order chi connectivity index (χ0) is 13.3. The second kappa shape index (κ2) is 4.99. The van der Waals surface area contributed by atoms with Crippen molar-refractivity contribution in [3.63, 3.8) is 0 Å². The lowest BCUT2D eigenvalue weighted by Crippen LogP contribution is -2.34. The number of aliphatic hydroxyl groups is 1. The highest BCUT2D eigenvalue weighted by molar-refractivity contribution is 7.89. The third-order valence-corrected chi connectivity index (χ3v) is 5.10. The van der Waals surface area contributed by atoms with Crippen molar-refractivity contribution in [2.45, 2.75) is 44.2 Å². The van der Waals surface area contributed by atoms with Gasteiger partial charge in [-0.3, -0.25) is 0 Å². The molecule has 1 saturated carbocycles. The maximum Gasteiger partial charge on any atom is 0.241 e. The Bertz CT molecular complexity index is 535. The van der Waals surface area contributed by atoms with E-state index in [1.54, 1.807) is 19.1 Å². The van der Waals surface area contributed by atoms with Gasteiger partial charge in [-0.1, -0.05) is 12.1 Å². The molecule has 4 nitrogen and oxygen atoms in total. The molecule has 0 radical (unpaired) electrons. The van der Waals surface area contributed by atoms with Crippen molar-refractivity contribution in [2.24, 2.45) is 5.92 Å². The number of aryl methyl sites for hydroxylation is 1. The van der Waals surface area contributed by atoms with Crippen LogP contribution in [0.3, 0.4) is 0 Å². The summed E-state index contributed by atoms with van der Waals surface area (Å²) in [5, 5.41) is 9.08. The minimum Gasteiger partial charge on any atom is -0.392 e. The van der Waals surface area contributed by atoms with Crippen LogP contribution in [0.5, 0.6) is 0 Å². The molecule has 5 heteroatoms. The first-order valence-electron chi connectivity index (χ1n) is 6.17. The summed E-state index contributed by atoms with van der Waals surface area (Å²) in [6.07, 6.45) is 2.19. The molecule has 0 aliphatic heterocycles. The molecule has 2 N–H and O–H groups in total. The summed E-state index contributed by atoms with van der Waals surface area (Å²) < 4.78 is 27.3. The third kappa shape index (κ3) is 2.91. The van der Waals surface area contributed by atoms with Crippen LogP contribution in [0, 0.1) is 12.8 Å². The second-order valence-electron chi connectivity index (χ2n) is 5.01. The maximum absolute atomic E-state index is 12.3. The molecule has 0 heterocycles. The molecule has 1 aliphatic carbocycles. The Kier molecular flexibility index (Phi) is 3.75. The maximum atomic E-state index is 12.3. The molecular weight excluding hydrogens is 250 g/mol. The van der Waals surface area contributed by atoms with Crippen LogP contribution >= 0.6 is 0 Å². The molecule has 1 aromatic carbocycles. The molecular formula is C13H19NO3S. The fourth-order valence-corrected chi connectivity index (χ4v) is 3.64. The van der Waals surface area contributed by atoms with Crippen molar-refractivity contribution in [2.75, 3.05) is 0 Å². The van der Waals surface area contributed by atoms with Crippen molar-refractivity contribution >= 4 is 10.0 Å². The first kappa shape index (κ1) is 13.5. The van der Waals surface area contributed by atoms with Crippen molar-refractivity contribution in [1.29, 1.82) is 0 Å². The van der Waals surface area contributed by atoms with E-state index in [0.717, 1.165) is 12.8 Å². The number of aliphatic hydroxyl groups excluding tert-OH is 1. The van der Waals surface area contributed by atoms with E-state index in [0.29, 0.717) is 17.0 Å². The summed E-state index contributed by atoms with van der Waals surface area (Å²) >= 11 is 0. The van der Waals surface area contributed by atoms with Crippen LogP contribution in [0.4, 0.5) is 0 Å². The molecule has 1 atom stereocenters. The number of benzene rings is 1. The van der Waals surface area contributed by atoms with Crippen molar-refractivity contribution in [3.8, 4) is 0 Å². The molecule has 2 rings (SSSR count). The van der Waals surface area contributed by atoms with Gasteiger partial charge in [0.1, 0.15) is 0 Å². The Labute approximate surface area is 108 Å². The Morgan fingerprint density at radius 2 is 2.11 bits per heavy atom. The molecule has 1 aliphatic rings. The van der Waals surface area contributed by atoms with Crippen molar-refractivity contribution in [1.82, 2.24) is 4.72 Å². The van der Waals surface area contributed by atoms with E-state index in [1.165, 1.54) is 6.07 Å². The summed E-state index contributed by atoms with van der Waals surface area (Å²) in [7, 11) is -3.49. The van der Waals surface area contributed by atoms with E-state index in [2.05, 4.69) is 4.72 Å². The number of sulfonamides is 1. The van der Waals surface area contributed by atoms with Crippen LogP contribution in [-0.4, -0.2) is 19.6 Å². The molecule has 0 spiro atoms. The lowest BCUT2D eigenvalue weighted by atomic mass is 10.2. The third-order valence-electron chi connectivity index (χ3n) is 3.39. The molecule has 0 bridgehead atoms. The molecule has 18 heavy (non-hydrogen) atoms. The Balaban J connectivity index is 2.27. The standard InChI is InChI=1S/C13H19NO3S/c1-9-3-4-11(8-15)7-13(9)18(16,17)14-10(2)12-5-6-12/h3-4,7,10,12,14-15H,5-6,8H2,1-2H3. The van der Waals surface area contributed by atoms with E-state index in [1.807, 2.05) is 6.92 Å². The average molecular weight is 269 g/mol. The molecule has 0 aromatic heterocycles. The van der Waals surface area contributed by atoms with Gasteiger partial charge in [-0.25, -0.2) is 13.1 Å². The van der Waals surface area contributed by atoms with Crippen LogP contribution < -0.4 is 4.72 Å². The topological polar surface area (TPSA) is 66.4 Å². The molecule has 1 aromatic rings. The molecule has 1 fully saturated rings. The highest BCUT2D eigenvalue weighted by atomic mass is 32.2. The first-order valence-corrected chi connectivity index (χ1v) is 7.65. The van der Waals surface area contributed by atoms with Gasteiger partial charge in [-0.05, 0) is 49.8 Å². The van der Waals surface area contributed by atoms with Crippen LogP contribution in [0.15, 0.2) is 23.1 Å². The number of hydrogen-bond acceptors (Lipinski definition) is 3. The summed E-state index contributed by atoms with van der Waals surface area (Å²) in [4.78, 5) is 0.265. The zero-order valence-corrected chi connectivity index (χ0v) is 11.5. The summed E-state index contributed by atoms with van der Waals surface area (Å²) in [5.41, 5.74) is 1.31. The summed E-state index contributed by atoms with van der Waals surface area (Å²) in [5.74, 6) is 0.473.